The number of carboxylic acid groups (broad SMARTS) is 1. The Hall–Kier alpha value is -2.63. The number of carbonyl (C=O) groups is 2. The Morgan fingerprint density at radius 1 is 1.21 bits per heavy atom. The molecule has 98 valence electrons. The van der Waals surface area contributed by atoms with Gasteiger partial charge in [-0.3, -0.25) is 4.79 Å². The molecule has 0 fully saturated rings. The first-order valence-corrected chi connectivity index (χ1v) is 5.56. The van der Waals surface area contributed by atoms with E-state index < -0.39 is 11.9 Å². The highest BCUT2D eigenvalue weighted by molar-refractivity contribution is 6.03. The third kappa shape index (κ3) is 2.79. The van der Waals surface area contributed by atoms with Crippen LogP contribution in [0.5, 0.6) is 0 Å². The van der Waals surface area contributed by atoms with Crippen molar-refractivity contribution in [2.75, 3.05) is 5.32 Å². The summed E-state index contributed by atoms with van der Waals surface area (Å²) < 4.78 is 4.52. The first-order valence-electron chi connectivity index (χ1n) is 5.56. The zero-order valence-electron chi connectivity index (χ0n) is 10.4. The van der Waals surface area contributed by atoms with Crippen LogP contribution in [0.3, 0.4) is 0 Å². The zero-order chi connectivity index (χ0) is 14.0. The van der Waals surface area contributed by atoms with Gasteiger partial charge in [-0.25, -0.2) is 4.79 Å². The molecular weight excluding hydrogens is 248 g/mol. The van der Waals surface area contributed by atoms with E-state index in [4.69, 9.17) is 5.11 Å². The molecule has 2 N–H and O–H groups in total. The Morgan fingerprint density at radius 2 is 1.95 bits per heavy atom. The summed E-state index contributed by atoms with van der Waals surface area (Å²) in [4.78, 5) is 22.4. The summed E-state index contributed by atoms with van der Waals surface area (Å²) in [5.74, 6) is -2.15. The SMILES string of the molecule is Cc1ccc(NC(=O)c2cc(C(=O)O)on2)cc1C. The fraction of sp³-hybridized carbons (Fsp3) is 0.154. The number of amides is 1. The maximum Gasteiger partial charge on any atom is 0.374 e. The van der Waals surface area contributed by atoms with Gasteiger partial charge in [0.25, 0.3) is 5.91 Å². The number of carboxylic acids is 1. The molecule has 1 heterocycles. The average Bonchev–Trinajstić information content (AvgIpc) is 2.83. The fourth-order valence-corrected chi connectivity index (χ4v) is 1.50. The largest absolute Gasteiger partial charge is 0.475 e. The molecule has 6 nitrogen and oxygen atoms in total. The molecule has 0 saturated heterocycles. The second kappa shape index (κ2) is 4.93. The number of nitrogens with one attached hydrogen (secondary N) is 1. The second-order valence-electron chi connectivity index (χ2n) is 4.13. The lowest BCUT2D eigenvalue weighted by Gasteiger charge is -2.05. The number of hydrogen-bond acceptors (Lipinski definition) is 4. The van der Waals surface area contributed by atoms with Crippen molar-refractivity contribution in [1.82, 2.24) is 5.16 Å². The van der Waals surface area contributed by atoms with Gasteiger partial charge in [0.05, 0.1) is 0 Å². The highest BCUT2D eigenvalue weighted by Crippen LogP contribution is 2.15. The molecule has 0 bridgehead atoms. The predicted molar refractivity (Wildman–Crippen MR) is 67.3 cm³/mol. The highest BCUT2D eigenvalue weighted by atomic mass is 16.5. The summed E-state index contributed by atoms with van der Waals surface area (Å²) in [6.07, 6.45) is 0. The molecule has 0 aliphatic heterocycles. The van der Waals surface area contributed by atoms with Gasteiger partial charge in [0, 0.05) is 11.8 Å². The Morgan fingerprint density at radius 3 is 2.53 bits per heavy atom. The Kier molecular flexibility index (Phi) is 3.33. The van der Waals surface area contributed by atoms with Gasteiger partial charge >= 0.3 is 5.97 Å². The third-order valence-corrected chi connectivity index (χ3v) is 2.72. The van der Waals surface area contributed by atoms with E-state index in [1.54, 1.807) is 6.07 Å². The quantitative estimate of drug-likeness (QED) is 0.882. The van der Waals surface area contributed by atoms with Crippen molar-refractivity contribution in [1.29, 1.82) is 0 Å². The molecule has 19 heavy (non-hydrogen) atoms. The third-order valence-electron chi connectivity index (χ3n) is 2.72. The van der Waals surface area contributed by atoms with Crippen LogP contribution in [-0.4, -0.2) is 22.1 Å². The van der Waals surface area contributed by atoms with Gasteiger partial charge in [0.2, 0.25) is 5.76 Å². The molecule has 2 aromatic rings. The van der Waals surface area contributed by atoms with Gasteiger partial charge in [0.15, 0.2) is 5.69 Å². The molecule has 6 heteroatoms. The van der Waals surface area contributed by atoms with E-state index >= 15 is 0 Å². The van der Waals surface area contributed by atoms with Crippen molar-refractivity contribution < 1.29 is 19.2 Å². The van der Waals surface area contributed by atoms with Crippen molar-refractivity contribution in [3.63, 3.8) is 0 Å². The van der Waals surface area contributed by atoms with Crippen LogP contribution < -0.4 is 5.32 Å². The summed E-state index contributed by atoms with van der Waals surface area (Å²) in [7, 11) is 0. The number of hydrogen-bond donors (Lipinski definition) is 2. The van der Waals surface area contributed by atoms with E-state index in [9.17, 15) is 9.59 Å². The van der Waals surface area contributed by atoms with E-state index in [2.05, 4.69) is 15.0 Å². The molecule has 0 spiro atoms. The van der Waals surface area contributed by atoms with E-state index in [1.165, 1.54) is 0 Å². The van der Waals surface area contributed by atoms with Gasteiger partial charge in [-0.15, -0.1) is 0 Å². The molecule has 0 atom stereocenters. The van der Waals surface area contributed by atoms with Crippen LogP contribution in [-0.2, 0) is 0 Å². The van der Waals surface area contributed by atoms with Gasteiger partial charge in [0.1, 0.15) is 0 Å². The zero-order valence-corrected chi connectivity index (χ0v) is 10.4. The van der Waals surface area contributed by atoms with Gasteiger partial charge in [-0.05, 0) is 37.1 Å². The van der Waals surface area contributed by atoms with Gasteiger partial charge in [-0.2, -0.15) is 0 Å². The number of benzene rings is 1. The minimum absolute atomic E-state index is 0.0735. The average molecular weight is 260 g/mol. The van der Waals surface area contributed by atoms with Crippen molar-refractivity contribution in [3.8, 4) is 0 Å². The van der Waals surface area contributed by atoms with Crippen LogP contribution in [0.15, 0.2) is 28.8 Å². The number of nitrogens with zero attached hydrogens (tertiary/aromatic N) is 1. The summed E-state index contributed by atoms with van der Waals surface area (Å²) in [6.45, 7) is 3.90. The monoisotopic (exact) mass is 260 g/mol. The first-order chi connectivity index (χ1) is 8.97. The molecular formula is C13H12N2O4. The van der Waals surface area contributed by atoms with Crippen molar-refractivity contribution in [3.05, 3.63) is 46.8 Å². The molecule has 0 saturated carbocycles. The summed E-state index contributed by atoms with van der Waals surface area (Å²) in [6, 6.07) is 6.55. The smallest absolute Gasteiger partial charge is 0.374 e. The molecule has 0 aliphatic carbocycles. The Labute approximate surface area is 109 Å². The number of carbonyl (C=O) groups excluding carboxylic acids is 1. The maximum atomic E-state index is 11.8. The van der Waals surface area contributed by atoms with Crippen LogP contribution >= 0.6 is 0 Å². The van der Waals surface area contributed by atoms with Crippen LogP contribution in [0.2, 0.25) is 0 Å². The second-order valence-corrected chi connectivity index (χ2v) is 4.13. The number of rotatable bonds is 3. The summed E-state index contributed by atoms with van der Waals surface area (Å²) >= 11 is 0. The number of anilines is 1. The van der Waals surface area contributed by atoms with Crippen LogP contribution in [0.25, 0.3) is 0 Å². The minimum atomic E-state index is -1.27. The molecule has 0 radical (unpaired) electrons. The Balaban J connectivity index is 2.15. The molecule has 0 aliphatic rings. The standard InChI is InChI=1S/C13H12N2O4/c1-7-3-4-9(5-8(7)2)14-12(16)10-6-11(13(17)18)19-15-10/h3-6H,1-2H3,(H,14,16)(H,17,18). The van der Waals surface area contributed by atoms with Gasteiger partial charge < -0.3 is 14.9 Å². The molecule has 1 aromatic heterocycles. The lowest BCUT2D eigenvalue weighted by atomic mass is 10.1. The molecule has 2 rings (SSSR count). The normalized spacial score (nSPS) is 10.2. The predicted octanol–water partition coefficient (Wildman–Crippen LogP) is 2.24. The van der Waals surface area contributed by atoms with Crippen LogP contribution in [0.1, 0.15) is 32.2 Å². The topological polar surface area (TPSA) is 92.4 Å². The first kappa shape index (κ1) is 12.8. The number of aryl methyl sites for hydroxylation is 2. The van der Waals surface area contributed by atoms with Crippen LogP contribution in [0.4, 0.5) is 5.69 Å². The fourth-order valence-electron chi connectivity index (χ4n) is 1.50. The maximum absolute atomic E-state index is 11.8. The van der Waals surface area contributed by atoms with E-state index in [1.807, 2.05) is 26.0 Å². The summed E-state index contributed by atoms with van der Waals surface area (Å²) in [5.41, 5.74) is 2.71. The lowest BCUT2D eigenvalue weighted by molar-refractivity contribution is 0.0651. The van der Waals surface area contributed by atoms with Gasteiger partial charge in [-0.1, -0.05) is 11.2 Å². The Bertz CT molecular complexity index is 646. The molecule has 0 unspecified atom stereocenters. The summed E-state index contributed by atoms with van der Waals surface area (Å²) in [5, 5.41) is 14.7. The highest BCUT2D eigenvalue weighted by Gasteiger charge is 2.16. The molecule has 1 aromatic carbocycles. The van der Waals surface area contributed by atoms with Crippen molar-refractivity contribution in [2.45, 2.75) is 13.8 Å². The minimum Gasteiger partial charge on any atom is -0.475 e. The number of aromatic carboxylic acids is 1. The van der Waals surface area contributed by atoms with Crippen LogP contribution in [0, 0.1) is 13.8 Å². The number of aromatic nitrogens is 1. The van der Waals surface area contributed by atoms with Crippen molar-refractivity contribution >= 4 is 17.6 Å². The lowest BCUT2D eigenvalue weighted by Crippen LogP contribution is -2.12. The van der Waals surface area contributed by atoms with E-state index in [0.29, 0.717) is 5.69 Å². The van der Waals surface area contributed by atoms with Crippen molar-refractivity contribution in [2.24, 2.45) is 0 Å². The van der Waals surface area contributed by atoms with E-state index in [-0.39, 0.29) is 11.5 Å². The van der Waals surface area contributed by atoms with E-state index in [0.717, 1.165) is 17.2 Å². The molecule has 1 amide bonds.